The highest BCUT2D eigenvalue weighted by Crippen LogP contribution is 2.23. The molecule has 3 amide bonds. The van der Waals surface area contributed by atoms with Crippen molar-refractivity contribution in [1.82, 2.24) is 15.5 Å². The maximum Gasteiger partial charge on any atom is 0.315 e. The Labute approximate surface area is 138 Å². The number of piperidine rings is 1. The Morgan fingerprint density at radius 1 is 1.30 bits per heavy atom. The Morgan fingerprint density at radius 3 is 2.61 bits per heavy atom. The monoisotopic (exact) mass is 317 g/mol. The second kappa shape index (κ2) is 7.99. The molecule has 1 saturated heterocycles. The number of benzene rings is 1. The van der Waals surface area contributed by atoms with Gasteiger partial charge in [0.1, 0.15) is 0 Å². The molecule has 5 heteroatoms. The number of likely N-dealkylation sites (N-methyl/N-ethyl adjacent to an activating group) is 1. The van der Waals surface area contributed by atoms with Crippen LogP contribution in [0.25, 0.3) is 0 Å². The molecule has 1 aromatic carbocycles. The highest BCUT2D eigenvalue weighted by molar-refractivity contribution is 5.78. The van der Waals surface area contributed by atoms with Gasteiger partial charge in [0.2, 0.25) is 5.91 Å². The smallest absolute Gasteiger partial charge is 0.315 e. The molecule has 1 fully saturated rings. The largest absolute Gasteiger partial charge is 0.344 e. The van der Waals surface area contributed by atoms with Gasteiger partial charge in [0.25, 0.3) is 0 Å². The summed E-state index contributed by atoms with van der Waals surface area (Å²) >= 11 is 0. The third-order valence-corrected chi connectivity index (χ3v) is 4.48. The first-order chi connectivity index (χ1) is 11.0. The number of hydrogen-bond acceptors (Lipinski definition) is 2. The van der Waals surface area contributed by atoms with Crippen LogP contribution in [0.5, 0.6) is 0 Å². The molecular formula is C18H27N3O2. The zero-order valence-corrected chi connectivity index (χ0v) is 14.2. The molecule has 0 aromatic heterocycles. The van der Waals surface area contributed by atoms with Gasteiger partial charge in [-0.15, -0.1) is 0 Å². The van der Waals surface area contributed by atoms with E-state index in [4.69, 9.17) is 0 Å². The number of nitrogens with zero attached hydrogens (tertiary/aromatic N) is 1. The van der Waals surface area contributed by atoms with E-state index >= 15 is 0 Å². The minimum absolute atomic E-state index is 0.0342. The predicted molar refractivity (Wildman–Crippen MR) is 91.2 cm³/mol. The van der Waals surface area contributed by atoms with Crippen molar-refractivity contribution in [2.75, 3.05) is 20.1 Å². The zero-order chi connectivity index (χ0) is 16.8. The Bertz CT molecular complexity index is 530. The number of carbonyl (C=O) groups excluding carboxylic acids is 2. The normalized spacial score (nSPS) is 19.6. The Morgan fingerprint density at radius 2 is 2.00 bits per heavy atom. The first-order valence-corrected chi connectivity index (χ1v) is 8.30. The molecule has 1 aliphatic rings. The van der Waals surface area contributed by atoms with Gasteiger partial charge < -0.3 is 15.5 Å². The summed E-state index contributed by atoms with van der Waals surface area (Å²) in [6, 6.07) is 10.1. The summed E-state index contributed by atoms with van der Waals surface area (Å²) < 4.78 is 0. The van der Waals surface area contributed by atoms with Gasteiger partial charge in [0.05, 0.1) is 0 Å². The van der Waals surface area contributed by atoms with Crippen LogP contribution in [0.4, 0.5) is 4.79 Å². The van der Waals surface area contributed by atoms with E-state index in [0.29, 0.717) is 31.8 Å². The van der Waals surface area contributed by atoms with E-state index < -0.39 is 0 Å². The van der Waals surface area contributed by atoms with Crippen LogP contribution in [0.15, 0.2) is 30.3 Å². The molecule has 1 heterocycles. The standard InChI is InChI=1S/C18H27N3O2/c1-13(2)16(14-7-5-4-6-8-14)11-19-18(23)20-15-9-10-17(22)21(3)12-15/h4-8,13,15-16H,9-12H2,1-3H3,(H2,19,20,23)/t15-,16-/m0/s1. The Kier molecular flexibility index (Phi) is 6.02. The highest BCUT2D eigenvalue weighted by Gasteiger charge is 2.24. The molecule has 2 N–H and O–H groups in total. The van der Waals surface area contributed by atoms with Crippen molar-refractivity contribution in [3.63, 3.8) is 0 Å². The fourth-order valence-electron chi connectivity index (χ4n) is 3.01. The molecule has 0 aliphatic carbocycles. The van der Waals surface area contributed by atoms with Crippen LogP contribution in [-0.4, -0.2) is 43.0 Å². The number of likely N-dealkylation sites (tertiary alicyclic amines) is 1. The molecule has 2 atom stereocenters. The molecule has 0 radical (unpaired) electrons. The Hall–Kier alpha value is -2.04. The van der Waals surface area contributed by atoms with Crippen LogP contribution in [0.2, 0.25) is 0 Å². The van der Waals surface area contributed by atoms with Crippen LogP contribution < -0.4 is 10.6 Å². The molecule has 0 bridgehead atoms. The van der Waals surface area contributed by atoms with Crippen LogP contribution in [-0.2, 0) is 4.79 Å². The van der Waals surface area contributed by atoms with E-state index in [0.717, 1.165) is 0 Å². The lowest BCUT2D eigenvalue weighted by Gasteiger charge is -2.30. The third kappa shape index (κ3) is 4.98. The van der Waals surface area contributed by atoms with Crippen LogP contribution in [0, 0.1) is 5.92 Å². The average Bonchev–Trinajstić information content (AvgIpc) is 2.52. The number of nitrogens with one attached hydrogen (secondary N) is 2. The van der Waals surface area contributed by atoms with Crippen LogP contribution in [0.1, 0.15) is 38.2 Å². The van der Waals surface area contributed by atoms with Gasteiger partial charge in [-0.3, -0.25) is 4.79 Å². The molecule has 1 aliphatic heterocycles. The lowest BCUT2D eigenvalue weighted by molar-refractivity contribution is -0.132. The number of amides is 3. The van der Waals surface area contributed by atoms with Crippen molar-refractivity contribution in [3.05, 3.63) is 35.9 Å². The SMILES string of the molecule is CC(C)[C@H](CNC(=O)N[C@H]1CCC(=O)N(C)C1)c1ccccc1. The molecule has 5 nitrogen and oxygen atoms in total. The van der Waals surface area contributed by atoms with Crippen LogP contribution >= 0.6 is 0 Å². The molecule has 126 valence electrons. The minimum Gasteiger partial charge on any atom is -0.344 e. The zero-order valence-electron chi connectivity index (χ0n) is 14.2. The van der Waals surface area contributed by atoms with Gasteiger partial charge in [0, 0.05) is 38.5 Å². The summed E-state index contributed by atoms with van der Waals surface area (Å²) in [7, 11) is 1.78. The summed E-state index contributed by atoms with van der Waals surface area (Å²) in [6.45, 7) is 5.52. The van der Waals surface area contributed by atoms with Crippen molar-refractivity contribution in [2.24, 2.45) is 5.92 Å². The van der Waals surface area contributed by atoms with E-state index in [9.17, 15) is 9.59 Å². The lowest BCUT2D eigenvalue weighted by Crippen LogP contribution is -2.51. The summed E-state index contributed by atoms with van der Waals surface area (Å²) in [5.41, 5.74) is 1.24. The average molecular weight is 317 g/mol. The topological polar surface area (TPSA) is 61.4 Å². The van der Waals surface area contributed by atoms with Crippen molar-refractivity contribution in [1.29, 1.82) is 0 Å². The Balaban J connectivity index is 1.84. The number of urea groups is 1. The van der Waals surface area contributed by atoms with Gasteiger partial charge in [-0.25, -0.2) is 4.79 Å². The minimum atomic E-state index is -0.153. The molecule has 0 spiro atoms. The highest BCUT2D eigenvalue weighted by atomic mass is 16.2. The molecule has 0 saturated carbocycles. The number of hydrogen-bond donors (Lipinski definition) is 2. The van der Waals surface area contributed by atoms with E-state index in [1.165, 1.54) is 5.56 Å². The fraction of sp³-hybridized carbons (Fsp3) is 0.556. The number of carbonyl (C=O) groups is 2. The molecular weight excluding hydrogens is 290 g/mol. The summed E-state index contributed by atoms with van der Waals surface area (Å²) in [4.78, 5) is 25.3. The maximum absolute atomic E-state index is 12.1. The van der Waals surface area contributed by atoms with Crippen molar-refractivity contribution in [2.45, 2.75) is 38.6 Å². The second-order valence-electron chi connectivity index (χ2n) is 6.63. The van der Waals surface area contributed by atoms with E-state index in [1.807, 2.05) is 18.2 Å². The van der Waals surface area contributed by atoms with Crippen molar-refractivity contribution < 1.29 is 9.59 Å². The van der Waals surface area contributed by atoms with Crippen molar-refractivity contribution in [3.8, 4) is 0 Å². The predicted octanol–water partition coefficient (Wildman–Crippen LogP) is 2.35. The van der Waals surface area contributed by atoms with Gasteiger partial charge in [-0.2, -0.15) is 0 Å². The van der Waals surface area contributed by atoms with E-state index in [1.54, 1.807) is 11.9 Å². The molecule has 2 rings (SSSR count). The first kappa shape index (κ1) is 17.3. The number of rotatable bonds is 5. The quantitative estimate of drug-likeness (QED) is 0.875. The lowest BCUT2D eigenvalue weighted by atomic mass is 9.88. The second-order valence-corrected chi connectivity index (χ2v) is 6.63. The van der Waals surface area contributed by atoms with Crippen molar-refractivity contribution >= 4 is 11.9 Å². The third-order valence-electron chi connectivity index (χ3n) is 4.48. The molecule has 0 unspecified atom stereocenters. The van der Waals surface area contributed by atoms with Crippen LogP contribution in [0.3, 0.4) is 0 Å². The molecule has 23 heavy (non-hydrogen) atoms. The van der Waals surface area contributed by atoms with Gasteiger partial charge in [0.15, 0.2) is 0 Å². The van der Waals surface area contributed by atoms with Gasteiger partial charge in [-0.1, -0.05) is 44.2 Å². The van der Waals surface area contributed by atoms with Gasteiger partial charge in [-0.05, 0) is 17.9 Å². The fourth-order valence-corrected chi connectivity index (χ4v) is 3.01. The van der Waals surface area contributed by atoms with E-state index in [-0.39, 0.29) is 23.9 Å². The van der Waals surface area contributed by atoms with Gasteiger partial charge >= 0.3 is 6.03 Å². The van der Waals surface area contributed by atoms with E-state index in [2.05, 4.69) is 36.6 Å². The summed E-state index contributed by atoms with van der Waals surface area (Å²) in [5.74, 6) is 0.876. The molecule has 1 aromatic rings. The summed E-state index contributed by atoms with van der Waals surface area (Å²) in [5, 5.41) is 5.95. The first-order valence-electron chi connectivity index (χ1n) is 8.30. The summed E-state index contributed by atoms with van der Waals surface area (Å²) in [6.07, 6.45) is 1.21. The maximum atomic E-state index is 12.1.